The van der Waals surface area contributed by atoms with Crippen LogP contribution >= 0.6 is 0 Å². The van der Waals surface area contributed by atoms with Gasteiger partial charge in [-0.25, -0.2) is 4.39 Å². The van der Waals surface area contributed by atoms with E-state index in [-0.39, 0.29) is 30.5 Å². The number of halogens is 1. The first-order valence-electron chi connectivity index (χ1n) is 6.77. The van der Waals surface area contributed by atoms with Gasteiger partial charge in [0.05, 0.1) is 6.54 Å². The van der Waals surface area contributed by atoms with E-state index in [1.165, 1.54) is 12.1 Å². The third kappa shape index (κ3) is 2.84. The molecule has 0 aliphatic carbocycles. The van der Waals surface area contributed by atoms with Crippen molar-refractivity contribution in [1.29, 1.82) is 0 Å². The lowest BCUT2D eigenvalue weighted by atomic mass is 10.1. The summed E-state index contributed by atoms with van der Waals surface area (Å²) < 4.78 is 12.8. The van der Waals surface area contributed by atoms with E-state index in [0.717, 1.165) is 11.1 Å². The van der Waals surface area contributed by atoms with E-state index < -0.39 is 0 Å². The molecule has 1 aliphatic heterocycles. The van der Waals surface area contributed by atoms with Gasteiger partial charge >= 0.3 is 0 Å². The molecule has 0 saturated carbocycles. The summed E-state index contributed by atoms with van der Waals surface area (Å²) >= 11 is 0. The summed E-state index contributed by atoms with van der Waals surface area (Å²) in [4.78, 5) is 25.8. The van der Waals surface area contributed by atoms with Crippen LogP contribution in [-0.2, 0) is 17.8 Å². The minimum Gasteiger partial charge on any atom is -0.327 e. The highest BCUT2D eigenvalue weighted by Gasteiger charge is 2.27. The maximum atomic E-state index is 12.8. The molecule has 1 heterocycles. The van der Waals surface area contributed by atoms with E-state index in [1.807, 2.05) is 18.2 Å². The van der Waals surface area contributed by atoms with Crippen LogP contribution in [0.2, 0.25) is 0 Å². The summed E-state index contributed by atoms with van der Waals surface area (Å²) in [5.74, 6) is -0.475. The molecule has 0 atom stereocenters. The Morgan fingerprint density at radius 3 is 2.52 bits per heavy atom. The van der Waals surface area contributed by atoms with Crippen LogP contribution in [0.3, 0.4) is 0 Å². The first kappa shape index (κ1) is 13.5. The van der Waals surface area contributed by atoms with Crippen LogP contribution in [0.1, 0.15) is 21.5 Å². The minimum absolute atomic E-state index is 0.0530. The van der Waals surface area contributed by atoms with Gasteiger partial charge in [0, 0.05) is 18.5 Å². The first-order valence-corrected chi connectivity index (χ1v) is 6.77. The van der Waals surface area contributed by atoms with Crippen LogP contribution in [0.15, 0.2) is 48.5 Å². The fourth-order valence-electron chi connectivity index (χ4n) is 2.54. The lowest BCUT2D eigenvalue weighted by Crippen LogP contribution is -2.30. The molecule has 106 valence electrons. The van der Waals surface area contributed by atoms with Gasteiger partial charge in [0.1, 0.15) is 5.82 Å². The molecule has 1 aliphatic rings. The van der Waals surface area contributed by atoms with E-state index in [1.54, 1.807) is 23.1 Å². The summed E-state index contributed by atoms with van der Waals surface area (Å²) in [5.41, 5.74) is 2.38. The molecule has 21 heavy (non-hydrogen) atoms. The van der Waals surface area contributed by atoms with Crippen molar-refractivity contribution >= 4 is 11.7 Å². The number of Topliss-reactive ketones (excluding diaryl/α,β-unsaturated/α-hetero) is 1. The molecule has 2 aromatic carbocycles. The quantitative estimate of drug-likeness (QED) is 0.865. The van der Waals surface area contributed by atoms with Gasteiger partial charge in [-0.05, 0) is 29.3 Å². The topological polar surface area (TPSA) is 37.4 Å². The molecule has 0 radical (unpaired) electrons. The molecule has 3 nitrogen and oxygen atoms in total. The Bertz CT molecular complexity index is 694. The monoisotopic (exact) mass is 283 g/mol. The highest BCUT2D eigenvalue weighted by atomic mass is 19.1. The van der Waals surface area contributed by atoms with Crippen molar-refractivity contribution in [3.05, 3.63) is 71.0 Å². The Hall–Kier alpha value is -2.49. The fraction of sp³-hybridized carbons (Fsp3) is 0.176. The third-order valence-electron chi connectivity index (χ3n) is 3.58. The second-order valence-corrected chi connectivity index (χ2v) is 5.16. The van der Waals surface area contributed by atoms with Gasteiger partial charge in [-0.2, -0.15) is 0 Å². The molecular weight excluding hydrogens is 269 g/mol. The van der Waals surface area contributed by atoms with Gasteiger partial charge in [-0.15, -0.1) is 0 Å². The summed E-state index contributed by atoms with van der Waals surface area (Å²) in [6, 6.07) is 13.2. The Balaban J connectivity index is 1.64. The van der Waals surface area contributed by atoms with Gasteiger partial charge in [0.15, 0.2) is 5.78 Å². The maximum absolute atomic E-state index is 12.8. The lowest BCUT2D eigenvalue weighted by Gasteiger charge is -2.14. The van der Waals surface area contributed by atoms with Crippen LogP contribution in [0.25, 0.3) is 0 Å². The second-order valence-electron chi connectivity index (χ2n) is 5.16. The van der Waals surface area contributed by atoms with Crippen LogP contribution < -0.4 is 0 Å². The molecule has 4 heteroatoms. The molecule has 0 spiro atoms. The van der Waals surface area contributed by atoms with Crippen molar-refractivity contribution < 1.29 is 14.0 Å². The summed E-state index contributed by atoms with van der Waals surface area (Å²) in [6.07, 6.45) is 0.209. The highest BCUT2D eigenvalue weighted by molar-refractivity contribution is 6.00. The summed E-state index contributed by atoms with van der Waals surface area (Å²) in [7, 11) is 0. The second kappa shape index (κ2) is 5.48. The van der Waals surface area contributed by atoms with E-state index in [2.05, 4.69) is 0 Å². The molecule has 0 bridgehead atoms. The van der Waals surface area contributed by atoms with Crippen LogP contribution in [0.5, 0.6) is 0 Å². The lowest BCUT2D eigenvalue weighted by molar-refractivity contribution is -0.119. The van der Waals surface area contributed by atoms with Crippen molar-refractivity contribution in [2.75, 3.05) is 6.54 Å². The van der Waals surface area contributed by atoms with Crippen molar-refractivity contribution in [2.24, 2.45) is 0 Å². The number of fused-ring (bicyclic) bond motifs is 1. The smallest absolute Gasteiger partial charge is 0.254 e. The standard InChI is InChI=1S/C17H14FNO2/c18-14-7-5-12(6-8-14)9-15(20)11-19-10-13-3-1-2-4-16(13)17(19)21/h1-8H,9-11H2. The SMILES string of the molecule is O=C(Cc1ccc(F)cc1)CN1Cc2ccccc2C1=O. The van der Waals surface area contributed by atoms with Gasteiger partial charge in [-0.1, -0.05) is 30.3 Å². The number of nitrogens with zero attached hydrogens (tertiary/aromatic N) is 1. The van der Waals surface area contributed by atoms with Crippen molar-refractivity contribution in [1.82, 2.24) is 4.90 Å². The zero-order valence-corrected chi connectivity index (χ0v) is 11.4. The highest BCUT2D eigenvalue weighted by Crippen LogP contribution is 2.22. The predicted octanol–water partition coefficient (Wildman–Crippen LogP) is 2.59. The number of benzene rings is 2. The number of hydrogen-bond donors (Lipinski definition) is 0. The van der Waals surface area contributed by atoms with Crippen molar-refractivity contribution in [2.45, 2.75) is 13.0 Å². The van der Waals surface area contributed by atoms with Gasteiger partial charge in [0.2, 0.25) is 0 Å². The number of hydrogen-bond acceptors (Lipinski definition) is 2. The number of carbonyl (C=O) groups is 2. The largest absolute Gasteiger partial charge is 0.327 e. The number of ketones is 1. The zero-order chi connectivity index (χ0) is 14.8. The molecule has 0 N–H and O–H groups in total. The Labute approximate surface area is 122 Å². The Morgan fingerprint density at radius 1 is 1.10 bits per heavy atom. The van der Waals surface area contributed by atoms with Gasteiger partial charge in [-0.3, -0.25) is 9.59 Å². The average molecular weight is 283 g/mol. The van der Waals surface area contributed by atoms with Gasteiger partial charge in [0.25, 0.3) is 5.91 Å². The normalized spacial score (nSPS) is 13.4. The molecule has 0 saturated heterocycles. The molecule has 2 aromatic rings. The summed E-state index contributed by atoms with van der Waals surface area (Å²) in [6.45, 7) is 0.565. The maximum Gasteiger partial charge on any atom is 0.254 e. The van der Waals surface area contributed by atoms with E-state index in [0.29, 0.717) is 12.1 Å². The molecule has 0 fully saturated rings. The molecule has 1 amide bonds. The van der Waals surface area contributed by atoms with Crippen molar-refractivity contribution in [3.8, 4) is 0 Å². The predicted molar refractivity (Wildman–Crippen MR) is 76.3 cm³/mol. The fourth-order valence-corrected chi connectivity index (χ4v) is 2.54. The molecule has 3 rings (SSSR count). The zero-order valence-electron chi connectivity index (χ0n) is 11.4. The van der Waals surface area contributed by atoms with Crippen LogP contribution in [-0.4, -0.2) is 23.1 Å². The number of rotatable bonds is 4. The number of carbonyl (C=O) groups excluding carboxylic acids is 2. The van der Waals surface area contributed by atoms with Crippen molar-refractivity contribution in [3.63, 3.8) is 0 Å². The van der Waals surface area contributed by atoms with E-state index in [4.69, 9.17) is 0 Å². The minimum atomic E-state index is -0.323. The molecule has 0 unspecified atom stereocenters. The third-order valence-corrected chi connectivity index (χ3v) is 3.58. The van der Waals surface area contributed by atoms with Crippen LogP contribution in [0.4, 0.5) is 4.39 Å². The van der Waals surface area contributed by atoms with Gasteiger partial charge < -0.3 is 4.90 Å². The Morgan fingerprint density at radius 2 is 1.81 bits per heavy atom. The average Bonchev–Trinajstić information content (AvgIpc) is 2.78. The summed E-state index contributed by atoms with van der Waals surface area (Å²) in [5, 5.41) is 0. The van der Waals surface area contributed by atoms with E-state index >= 15 is 0 Å². The number of amides is 1. The van der Waals surface area contributed by atoms with Crippen LogP contribution in [0, 0.1) is 5.82 Å². The van der Waals surface area contributed by atoms with E-state index in [9.17, 15) is 14.0 Å². The molecule has 0 aromatic heterocycles. The Kier molecular flexibility index (Phi) is 3.52. The molecular formula is C17H14FNO2. The first-order chi connectivity index (χ1) is 10.1.